The zero-order valence-corrected chi connectivity index (χ0v) is 8.61. The van der Waals surface area contributed by atoms with Crippen molar-refractivity contribution in [3.63, 3.8) is 0 Å². The van der Waals surface area contributed by atoms with Gasteiger partial charge in [0.1, 0.15) is 5.75 Å². The molecule has 0 spiro atoms. The van der Waals surface area contributed by atoms with E-state index < -0.39 is 6.03 Å². The molecule has 5 heteroatoms. The van der Waals surface area contributed by atoms with E-state index in [4.69, 9.17) is 5.73 Å². The lowest BCUT2D eigenvalue weighted by molar-refractivity contribution is 0.249. The van der Waals surface area contributed by atoms with E-state index in [9.17, 15) is 9.90 Å². The zero-order chi connectivity index (χ0) is 11.4. The van der Waals surface area contributed by atoms with Crippen LogP contribution in [0.25, 0.3) is 0 Å². The first kappa shape index (κ1) is 11.0. The fourth-order valence-electron chi connectivity index (χ4n) is 1.15. The molecule has 0 aliphatic carbocycles. The standard InChI is InChI=1S/C10H13N3O2/c1-6-3-4-8(9(14)5-6)7(2)12-13-10(11)15/h3-5,14H,1-2H3,(H3,11,13,15)/b12-7-. The number of aromatic hydroxyl groups is 1. The van der Waals surface area contributed by atoms with Crippen molar-refractivity contribution in [2.24, 2.45) is 10.8 Å². The Morgan fingerprint density at radius 1 is 1.53 bits per heavy atom. The van der Waals surface area contributed by atoms with Crippen molar-refractivity contribution in [1.82, 2.24) is 5.43 Å². The normalized spacial score (nSPS) is 11.2. The number of hydrazone groups is 1. The Balaban J connectivity index is 2.95. The molecular weight excluding hydrogens is 194 g/mol. The van der Waals surface area contributed by atoms with E-state index in [0.29, 0.717) is 11.3 Å². The third-order valence-electron chi connectivity index (χ3n) is 1.88. The predicted octanol–water partition coefficient (Wildman–Crippen LogP) is 1.09. The largest absolute Gasteiger partial charge is 0.507 e. The molecule has 5 nitrogen and oxygen atoms in total. The highest BCUT2D eigenvalue weighted by Crippen LogP contribution is 2.18. The van der Waals surface area contributed by atoms with E-state index in [0.717, 1.165) is 5.56 Å². The summed E-state index contributed by atoms with van der Waals surface area (Å²) in [6, 6.07) is 4.46. The Hall–Kier alpha value is -2.04. The number of phenolic OH excluding ortho intramolecular Hbond substituents is 1. The van der Waals surface area contributed by atoms with Crippen molar-refractivity contribution >= 4 is 11.7 Å². The average Bonchev–Trinajstić information content (AvgIpc) is 2.14. The molecule has 0 radical (unpaired) electrons. The van der Waals surface area contributed by atoms with Gasteiger partial charge in [0.2, 0.25) is 0 Å². The van der Waals surface area contributed by atoms with Gasteiger partial charge in [-0.25, -0.2) is 10.2 Å². The number of carbonyl (C=O) groups excluding carboxylic acids is 1. The lowest BCUT2D eigenvalue weighted by Gasteiger charge is -2.04. The number of urea groups is 1. The molecule has 0 fully saturated rings. The first-order chi connectivity index (χ1) is 7.00. The van der Waals surface area contributed by atoms with Crippen molar-refractivity contribution in [3.8, 4) is 5.75 Å². The van der Waals surface area contributed by atoms with E-state index in [1.165, 1.54) is 0 Å². The number of hydrogen-bond acceptors (Lipinski definition) is 3. The van der Waals surface area contributed by atoms with Crippen LogP contribution in [0.1, 0.15) is 18.1 Å². The molecule has 0 heterocycles. The van der Waals surface area contributed by atoms with Crippen LogP contribution < -0.4 is 11.2 Å². The molecule has 0 saturated carbocycles. The minimum absolute atomic E-state index is 0.127. The van der Waals surface area contributed by atoms with Crippen LogP contribution in [0.4, 0.5) is 4.79 Å². The number of hydrogen-bond donors (Lipinski definition) is 3. The van der Waals surface area contributed by atoms with E-state index in [1.807, 2.05) is 13.0 Å². The fraction of sp³-hybridized carbons (Fsp3) is 0.200. The SMILES string of the molecule is C/C(=N/NC(N)=O)c1ccc(C)cc1O. The molecule has 15 heavy (non-hydrogen) atoms. The van der Waals surface area contributed by atoms with E-state index >= 15 is 0 Å². The second kappa shape index (κ2) is 4.45. The van der Waals surface area contributed by atoms with Gasteiger partial charge in [-0.2, -0.15) is 5.10 Å². The molecule has 0 aliphatic heterocycles. The molecule has 4 N–H and O–H groups in total. The van der Waals surface area contributed by atoms with Crippen molar-refractivity contribution in [2.45, 2.75) is 13.8 Å². The van der Waals surface area contributed by atoms with Gasteiger partial charge in [0, 0.05) is 5.56 Å². The van der Waals surface area contributed by atoms with Gasteiger partial charge in [0.05, 0.1) is 5.71 Å². The van der Waals surface area contributed by atoms with Crippen LogP contribution in [0.5, 0.6) is 5.75 Å². The third-order valence-corrected chi connectivity index (χ3v) is 1.88. The van der Waals surface area contributed by atoms with Gasteiger partial charge >= 0.3 is 6.03 Å². The maximum Gasteiger partial charge on any atom is 0.332 e. The summed E-state index contributed by atoms with van der Waals surface area (Å²) in [6.07, 6.45) is 0. The minimum atomic E-state index is -0.735. The Labute approximate surface area is 87.6 Å². The van der Waals surface area contributed by atoms with Crippen LogP contribution >= 0.6 is 0 Å². The molecule has 0 aromatic heterocycles. The molecule has 0 bridgehead atoms. The Morgan fingerprint density at radius 2 is 2.20 bits per heavy atom. The summed E-state index contributed by atoms with van der Waals surface area (Å²) in [7, 11) is 0. The van der Waals surface area contributed by atoms with Gasteiger partial charge in [-0.05, 0) is 31.5 Å². The zero-order valence-electron chi connectivity index (χ0n) is 8.61. The smallest absolute Gasteiger partial charge is 0.332 e. The summed E-state index contributed by atoms with van der Waals surface area (Å²) >= 11 is 0. The average molecular weight is 207 g/mol. The van der Waals surface area contributed by atoms with Crippen molar-refractivity contribution in [2.75, 3.05) is 0 Å². The van der Waals surface area contributed by atoms with Gasteiger partial charge < -0.3 is 10.8 Å². The first-order valence-electron chi connectivity index (χ1n) is 4.40. The maximum atomic E-state index is 10.4. The summed E-state index contributed by atoms with van der Waals surface area (Å²) in [5, 5.41) is 13.3. The van der Waals surface area contributed by atoms with Gasteiger partial charge in [-0.15, -0.1) is 0 Å². The monoisotopic (exact) mass is 207 g/mol. The van der Waals surface area contributed by atoms with Crippen molar-refractivity contribution < 1.29 is 9.90 Å². The number of nitrogens with two attached hydrogens (primary N) is 1. The summed E-state index contributed by atoms with van der Waals surface area (Å²) in [5.41, 5.74) is 8.97. The molecule has 0 atom stereocenters. The lowest BCUT2D eigenvalue weighted by atomic mass is 10.1. The van der Waals surface area contributed by atoms with Crippen LogP contribution in [-0.2, 0) is 0 Å². The number of rotatable bonds is 2. The molecule has 0 unspecified atom stereocenters. The number of amides is 2. The molecule has 0 aliphatic rings. The van der Waals surface area contributed by atoms with Crippen LogP contribution in [0, 0.1) is 6.92 Å². The third kappa shape index (κ3) is 2.98. The number of carbonyl (C=O) groups is 1. The highest BCUT2D eigenvalue weighted by Gasteiger charge is 2.04. The molecular formula is C10H13N3O2. The van der Waals surface area contributed by atoms with Crippen LogP contribution in [0.3, 0.4) is 0 Å². The number of aryl methyl sites for hydroxylation is 1. The Morgan fingerprint density at radius 3 is 2.73 bits per heavy atom. The number of phenols is 1. The van der Waals surface area contributed by atoms with Gasteiger partial charge in [-0.3, -0.25) is 0 Å². The van der Waals surface area contributed by atoms with Crippen molar-refractivity contribution in [1.29, 1.82) is 0 Å². The second-order valence-corrected chi connectivity index (χ2v) is 3.19. The van der Waals surface area contributed by atoms with E-state index in [-0.39, 0.29) is 5.75 Å². The first-order valence-corrected chi connectivity index (χ1v) is 4.40. The Kier molecular flexibility index (Phi) is 3.28. The second-order valence-electron chi connectivity index (χ2n) is 3.19. The summed E-state index contributed by atoms with van der Waals surface area (Å²) in [5.74, 6) is 0.127. The van der Waals surface area contributed by atoms with Crippen LogP contribution in [0.15, 0.2) is 23.3 Å². The number of nitrogens with one attached hydrogen (secondary N) is 1. The number of benzene rings is 1. The lowest BCUT2D eigenvalue weighted by Crippen LogP contribution is -2.25. The molecule has 1 aromatic rings. The Bertz CT molecular complexity index is 413. The number of nitrogens with zero attached hydrogens (tertiary/aromatic N) is 1. The van der Waals surface area contributed by atoms with Gasteiger partial charge in [0.25, 0.3) is 0 Å². The predicted molar refractivity (Wildman–Crippen MR) is 57.8 cm³/mol. The maximum absolute atomic E-state index is 10.4. The number of primary amides is 1. The van der Waals surface area contributed by atoms with Gasteiger partial charge in [0.15, 0.2) is 0 Å². The van der Waals surface area contributed by atoms with E-state index in [1.54, 1.807) is 19.1 Å². The molecule has 0 saturated heterocycles. The topological polar surface area (TPSA) is 87.7 Å². The van der Waals surface area contributed by atoms with Crippen LogP contribution in [-0.4, -0.2) is 16.8 Å². The van der Waals surface area contributed by atoms with Crippen LogP contribution in [0.2, 0.25) is 0 Å². The van der Waals surface area contributed by atoms with Gasteiger partial charge in [-0.1, -0.05) is 6.07 Å². The minimum Gasteiger partial charge on any atom is -0.507 e. The van der Waals surface area contributed by atoms with E-state index in [2.05, 4.69) is 10.5 Å². The molecule has 80 valence electrons. The highest BCUT2D eigenvalue weighted by molar-refractivity contribution is 6.01. The fourth-order valence-corrected chi connectivity index (χ4v) is 1.15. The van der Waals surface area contributed by atoms with Crippen molar-refractivity contribution in [3.05, 3.63) is 29.3 Å². The summed E-state index contributed by atoms with van der Waals surface area (Å²) in [6.45, 7) is 3.54. The molecule has 2 amide bonds. The molecule has 1 rings (SSSR count). The molecule has 1 aromatic carbocycles. The highest BCUT2D eigenvalue weighted by atomic mass is 16.3. The summed E-state index contributed by atoms with van der Waals surface area (Å²) in [4.78, 5) is 10.4. The quantitative estimate of drug-likeness (QED) is 0.500. The summed E-state index contributed by atoms with van der Waals surface area (Å²) < 4.78 is 0.